The Kier molecular flexibility index (Phi) is 7.48. The molecule has 0 saturated carbocycles. The number of halogens is 2. The molecule has 3 fully saturated rings. The molecule has 4 aliphatic rings. The number of aromatic hydroxyl groups is 1. The van der Waals surface area contributed by atoms with Gasteiger partial charge in [-0.05, 0) is 91.6 Å². The van der Waals surface area contributed by atoms with Gasteiger partial charge in [0.1, 0.15) is 17.1 Å². The Balaban J connectivity index is 1.20. The molecular formula is C35H39ClFN5O3. The molecule has 4 unspecified atom stereocenters. The molecule has 0 spiro atoms. The lowest BCUT2D eigenvalue weighted by atomic mass is 9.81. The molecule has 10 heteroatoms. The third-order valence-corrected chi connectivity index (χ3v) is 10.5. The molecule has 8 rings (SSSR count). The number of anilines is 1. The summed E-state index contributed by atoms with van der Waals surface area (Å²) >= 11 is 6.97. The van der Waals surface area contributed by atoms with E-state index in [9.17, 15) is 5.11 Å². The predicted octanol–water partition coefficient (Wildman–Crippen LogP) is 5.87. The molecule has 45 heavy (non-hydrogen) atoms. The fraction of sp³-hybridized carbons (Fsp3) is 0.486. The van der Waals surface area contributed by atoms with Gasteiger partial charge in [0.2, 0.25) is 0 Å². The number of hydrogen-bond donors (Lipinski definition) is 2. The monoisotopic (exact) mass is 631 g/mol. The van der Waals surface area contributed by atoms with E-state index in [0.717, 1.165) is 75.7 Å². The number of piperazine rings is 1. The zero-order chi connectivity index (χ0) is 30.8. The van der Waals surface area contributed by atoms with Gasteiger partial charge in [0.15, 0.2) is 5.82 Å². The molecule has 3 aromatic carbocycles. The number of ether oxygens (including phenoxy) is 2. The van der Waals surface area contributed by atoms with E-state index in [1.807, 2.05) is 6.07 Å². The van der Waals surface area contributed by atoms with E-state index in [1.54, 1.807) is 18.2 Å². The standard InChI is InChI=1S/C35H39ClFN5O3/c1-19-17-44-18-20(2)42(19)10-3-11-45-35-39-33-28(34(40-35)41-15-23-7-8-24(16-41)38-23)14-29(36)31(32(33)37)27-13-25(43)12-22-5-4-21-6-9-26(21)30(22)27/h4-5,12-14,19-20,23-24,38,43H,3,6-11,15-18H2,1-2H3. The Morgan fingerprint density at radius 3 is 2.58 bits per heavy atom. The zero-order valence-electron chi connectivity index (χ0n) is 25.8. The van der Waals surface area contributed by atoms with Crippen LogP contribution in [0.3, 0.4) is 0 Å². The number of aromatic nitrogens is 2. The molecule has 2 bridgehead atoms. The lowest BCUT2D eigenvalue weighted by Gasteiger charge is -2.38. The van der Waals surface area contributed by atoms with Crippen LogP contribution < -0.4 is 15.0 Å². The lowest BCUT2D eigenvalue weighted by molar-refractivity contribution is -0.0380. The van der Waals surface area contributed by atoms with Crippen molar-refractivity contribution >= 4 is 39.1 Å². The van der Waals surface area contributed by atoms with Crippen molar-refractivity contribution in [3.63, 3.8) is 0 Å². The summed E-state index contributed by atoms with van der Waals surface area (Å²) in [5.74, 6) is 0.199. The van der Waals surface area contributed by atoms with E-state index >= 15 is 4.39 Å². The van der Waals surface area contributed by atoms with Gasteiger partial charge in [-0.1, -0.05) is 23.7 Å². The second-order valence-electron chi connectivity index (χ2n) is 13.3. The maximum atomic E-state index is 17.0. The number of aryl methyl sites for hydroxylation is 2. The molecule has 1 aromatic heterocycles. The summed E-state index contributed by atoms with van der Waals surface area (Å²) in [6.45, 7) is 8.68. The summed E-state index contributed by atoms with van der Waals surface area (Å²) in [7, 11) is 0. The van der Waals surface area contributed by atoms with Crippen molar-refractivity contribution in [1.29, 1.82) is 0 Å². The minimum absolute atomic E-state index is 0.0694. The number of phenols is 1. The highest BCUT2D eigenvalue weighted by molar-refractivity contribution is 6.35. The highest BCUT2D eigenvalue weighted by Gasteiger charge is 2.35. The third-order valence-electron chi connectivity index (χ3n) is 10.2. The Morgan fingerprint density at radius 1 is 1.07 bits per heavy atom. The molecule has 4 atom stereocenters. The van der Waals surface area contributed by atoms with Gasteiger partial charge >= 0.3 is 6.01 Å². The molecule has 3 saturated heterocycles. The van der Waals surface area contributed by atoms with Crippen LogP contribution in [0, 0.1) is 5.82 Å². The van der Waals surface area contributed by atoms with Crippen LogP contribution in [0.25, 0.3) is 32.8 Å². The van der Waals surface area contributed by atoms with Crippen LogP contribution in [0.2, 0.25) is 5.02 Å². The summed E-state index contributed by atoms with van der Waals surface area (Å²) in [4.78, 5) is 14.2. The quantitative estimate of drug-likeness (QED) is 0.245. The number of nitrogens with zero attached hydrogens (tertiary/aromatic N) is 4. The van der Waals surface area contributed by atoms with Crippen molar-refractivity contribution in [2.45, 2.75) is 70.1 Å². The van der Waals surface area contributed by atoms with Crippen molar-refractivity contribution in [2.75, 3.05) is 44.4 Å². The first-order valence-electron chi connectivity index (χ1n) is 16.3. The van der Waals surface area contributed by atoms with Gasteiger partial charge in [-0.2, -0.15) is 9.97 Å². The average molecular weight is 632 g/mol. The van der Waals surface area contributed by atoms with Crippen LogP contribution in [0.4, 0.5) is 10.2 Å². The van der Waals surface area contributed by atoms with Crippen LogP contribution >= 0.6 is 11.6 Å². The fourth-order valence-electron chi connectivity index (χ4n) is 7.94. The third kappa shape index (κ3) is 5.18. The Labute approximate surface area is 267 Å². The van der Waals surface area contributed by atoms with Crippen LogP contribution in [-0.2, 0) is 17.6 Å². The first-order chi connectivity index (χ1) is 21.8. The van der Waals surface area contributed by atoms with Crippen molar-refractivity contribution in [3.8, 4) is 22.9 Å². The van der Waals surface area contributed by atoms with Gasteiger partial charge in [0, 0.05) is 54.8 Å². The zero-order valence-corrected chi connectivity index (χ0v) is 26.5. The topological polar surface area (TPSA) is 83.0 Å². The van der Waals surface area contributed by atoms with E-state index < -0.39 is 5.82 Å². The molecule has 1 aliphatic carbocycles. The van der Waals surface area contributed by atoms with Gasteiger partial charge in [0.25, 0.3) is 0 Å². The molecule has 2 N–H and O–H groups in total. The summed E-state index contributed by atoms with van der Waals surface area (Å²) < 4.78 is 28.8. The second-order valence-corrected chi connectivity index (χ2v) is 13.7. The van der Waals surface area contributed by atoms with E-state index in [4.69, 9.17) is 26.1 Å². The van der Waals surface area contributed by atoms with Crippen LogP contribution in [0.15, 0.2) is 30.3 Å². The summed E-state index contributed by atoms with van der Waals surface area (Å²) in [5, 5.41) is 17.0. The summed E-state index contributed by atoms with van der Waals surface area (Å²) in [6.07, 6.45) is 4.92. The molecule has 3 aliphatic heterocycles. The first kappa shape index (κ1) is 29.2. The molecule has 4 aromatic rings. The molecule has 236 valence electrons. The molecule has 0 radical (unpaired) electrons. The molecular weight excluding hydrogens is 593 g/mol. The van der Waals surface area contributed by atoms with E-state index in [2.05, 4.69) is 40.0 Å². The summed E-state index contributed by atoms with van der Waals surface area (Å²) in [5.41, 5.74) is 3.45. The molecule has 4 heterocycles. The maximum absolute atomic E-state index is 17.0. The Bertz CT molecular complexity index is 1780. The van der Waals surface area contributed by atoms with E-state index in [1.165, 1.54) is 11.1 Å². The van der Waals surface area contributed by atoms with Gasteiger partial charge in [-0.3, -0.25) is 4.90 Å². The summed E-state index contributed by atoms with van der Waals surface area (Å²) in [6, 6.07) is 10.8. The minimum atomic E-state index is -0.524. The largest absolute Gasteiger partial charge is 0.508 e. The van der Waals surface area contributed by atoms with Gasteiger partial charge in [0.05, 0.1) is 24.8 Å². The normalized spacial score (nSPS) is 24.7. The number of benzene rings is 3. The second kappa shape index (κ2) is 11.5. The number of phenolic OH excluding ortho intramolecular Hbond substituents is 1. The van der Waals surface area contributed by atoms with Crippen molar-refractivity contribution in [1.82, 2.24) is 20.2 Å². The number of morpholine rings is 1. The van der Waals surface area contributed by atoms with Crippen LogP contribution in [0.1, 0.15) is 44.2 Å². The van der Waals surface area contributed by atoms with Crippen LogP contribution in [0.5, 0.6) is 11.8 Å². The fourth-order valence-corrected chi connectivity index (χ4v) is 8.23. The maximum Gasteiger partial charge on any atom is 0.319 e. The first-order valence-corrected chi connectivity index (χ1v) is 16.7. The highest BCUT2D eigenvalue weighted by Crippen LogP contribution is 2.45. The SMILES string of the molecule is CC1COCC(C)N1CCCOc1nc(N2CC3CCC(C2)N3)c2cc(Cl)c(-c3cc(O)cc4ccc5c(c34)CC5)c(F)c2n1. The van der Waals surface area contributed by atoms with Gasteiger partial charge in [-0.15, -0.1) is 0 Å². The van der Waals surface area contributed by atoms with Crippen molar-refractivity contribution < 1.29 is 19.0 Å². The lowest BCUT2D eigenvalue weighted by Crippen LogP contribution is -2.51. The number of rotatable bonds is 7. The van der Waals surface area contributed by atoms with Crippen molar-refractivity contribution in [3.05, 3.63) is 52.3 Å². The van der Waals surface area contributed by atoms with E-state index in [0.29, 0.717) is 47.5 Å². The van der Waals surface area contributed by atoms with Gasteiger partial charge < -0.3 is 24.8 Å². The average Bonchev–Trinajstić information content (AvgIpc) is 3.33. The van der Waals surface area contributed by atoms with Crippen molar-refractivity contribution in [2.24, 2.45) is 0 Å². The smallest absolute Gasteiger partial charge is 0.319 e. The predicted molar refractivity (Wildman–Crippen MR) is 175 cm³/mol. The number of hydrogen-bond acceptors (Lipinski definition) is 8. The molecule has 8 nitrogen and oxygen atoms in total. The van der Waals surface area contributed by atoms with E-state index in [-0.39, 0.29) is 27.9 Å². The Hall–Kier alpha value is -3.24. The van der Waals surface area contributed by atoms with Gasteiger partial charge in [-0.25, -0.2) is 4.39 Å². The number of nitrogens with one attached hydrogen (secondary N) is 1. The number of fused-ring (bicyclic) bond motifs is 6. The molecule has 0 amide bonds. The highest BCUT2D eigenvalue weighted by atomic mass is 35.5. The Morgan fingerprint density at radius 2 is 1.84 bits per heavy atom. The minimum Gasteiger partial charge on any atom is -0.508 e. The van der Waals surface area contributed by atoms with Crippen LogP contribution in [-0.4, -0.2) is 83.6 Å².